The average molecular weight is 824 g/mol. The first-order valence-electron chi connectivity index (χ1n) is 23.6. The Hall–Kier alpha value is -1.54. The lowest BCUT2D eigenvalue weighted by Crippen LogP contribution is -2.28. The standard InChI is InChI=1S/C48H90NO7P/c1-3-5-7-9-11-13-15-17-19-20-21-22-23-24-25-26-27-29-31-33-35-37-39-41-48(50)56-47(46-55-57(51,52)54-44-42-49)45-53-43-40-38-36-34-32-30-28-18-16-14-12-10-8-6-4-2/h15-18,20-21,23-24,47H,3-14,19,22,25-46,49H2,1-2H3,(H,51,52)/b17-15-,18-16-,21-20-,24-23-. The summed E-state index contributed by atoms with van der Waals surface area (Å²) in [7, 11) is -4.28. The van der Waals surface area contributed by atoms with Crippen LogP contribution in [0.5, 0.6) is 0 Å². The Morgan fingerprint density at radius 2 is 0.930 bits per heavy atom. The van der Waals surface area contributed by atoms with Crippen molar-refractivity contribution in [3.05, 3.63) is 48.6 Å². The minimum Gasteiger partial charge on any atom is -0.457 e. The van der Waals surface area contributed by atoms with E-state index in [1.165, 1.54) is 141 Å². The van der Waals surface area contributed by atoms with Gasteiger partial charge in [0.25, 0.3) is 0 Å². The fourth-order valence-corrected chi connectivity index (χ4v) is 7.23. The number of hydrogen-bond donors (Lipinski definition) is 2. The summed E-state index contributed by atoms with van der Waals surface area (Å²) in [5.41, 5.74) is 5.38. The van der Waals surface area contributed by atoms with E-state index < -0.39 is 13.9 Å². The molecule has 0 saturated carbocycles. The number of hydrogen-bond acceptors (Lipinski definition) is 7. The number of allylic oxidation sites excluding steroid dienone is 8. The SMILES string of the molecule is CCCCCCC/C=C\C/C=C\C/C=C\CCCCCCCCCCC(=O)OC(COCCCCCCCC/C=C\CCCCCCC)COP(=O)(O)OCCN. The topological polar surface area (TPSA) is 117 Å². The largest absolute Gasteiger partial charge is 0.472 e. The Bertz CT molecular complexity index is 1010. The van der Waals surface area contributed by atoms with Gasteiger partial charge in [-0.05, 0) is 77.0 Å². The zero-order valence-electron chi connectivity index (χ0n) is 37.1. The van der Waals surface area contributed by atoms with Crippen LogP contribution in [0.15, 0.2) is 48.6 Å². The molecule has 334 valence electrons. The number of phosphoric ester groups is 1. The van der Waals surface area contributed by atoms with E-state index in [0.29, 0.717) is 13.0 Å². The molecule has 2 atom stereocenters. The van der Waals surface area contributed by atoms with Crippen molar-refractivity contribution in [1.29, 1.82) is 0 Å². The van der Waals surface area contributed by atoms with Gasteiger partial charge >= 0.3 is 13.8 Å². The van der Waals surface area contributed by atoms with Crippen LogP contribution in [0.25, 0.3) is 0 Å². The first-order valence-corrected chi connectivity index (χ1v) is 25.1. The summed E-state index contributed by atoms with van der Waals surface area (Å²) in [5.74, 6) is -0.339. The summed E-state index contributed by atoms with van der Waals surface area (Å²) in [6.07, 6.45) is 54.1. The molecule has 0 aromatic heterocycles. The lowest BCUT2D eigenvalue weighted by atomic mass is 10.1. The number of ether oxygens (including phenoxy) is 2. The van der Waals surface area contributed by atoms with Crippen LogP contribution in [0, 0.1) is 0 Å². The van der Waals surface area contributed by atoms with Crippen molar-refractivity contribution in [1.82, 2.24) is 0 Å². The molecule has 0 fully saturated rings. The number of rotatable bonds is 45. The molecule has 0 aliphatic carbocycles. The van der Waals surface area contributed by atoms with Crippen molar-refractivity contribution in [2.24, 2.45) is 5.73 Å². The number of unbranched alkanes of at least 4 members (excludes halogenated alkanes) is 24. The first-order chi connectivity index (χ1) is 27.9. The third-order valence-corrected chi connectivity index (χ3v) is 11.0. The molecule has 0 saturated heterocycles. The maximum atomic E-state index is 12.6. The molecule has 0 aliphatic heterocycles. The van der Waals surface area contributed by atoms with Crippen LogP contribution in [0.3, 0.4) is 0 Å². The zero-order chi connectivity index (χ0) is 41.6. The number of nitrogens with two attached hydrogens (primary N) is 1. The molecule has 0 spiro atoms. The third-order valence-electron chi connectivity index (χ3n) is 9.97. The molecule has 0 bridgehead atoms. The van der Waals surface area contributed by atoms with Gasteiger partial charge in [0.1, 0.15) is 6.10 Å². The fraction of sp³-hybridized carbons (Fsp3) is 0.812. The normalized spacial score (nSPS) is 13.8. The molecule has 0 aliphatic rings. The van der Waals surface area contributed by atoms with Gasteiger partial charge in [0, 0.05) is 19.6 Å². The van der Waals surface area contributed by atoms with Gasteiger partial charge in [-0.3, -0.25) is 13.8 Å². The van der Waals surface area contributed by atoms with Gasteiger partial charge < -0.3 is 20.1 Å². The quantitative estimate of drug-likeness (QED) is 0.0270. The Morgan fingerprint density at radius 3 is 1.40 bits per heavy atom. The highest BCUT2D eigenvalue weighted by Crippen LogP contribution is 2.43. The number of carbonyl (C=O) groups is 1. The van der Waals surface area contributed by atoms with Gasteiger partial charge in [-0.25, -0.2) is 4.57 Å². The Labute approximate surface area is 351 Å². The second-order valence-corrected chi connectivity index (χ2v) is 17.1. The number of esters is 1. The summed E-state index contributed by atoms with van der Waals surface area (Å²) in [5, 5.41) is 0. The molecule has 8 nitrogen and oxygen atoms in total. The Morgan fingerprint density at radius 1 is 0.526 bits per heavy atom. The maximum Gasteiger partial charge on any atom is 0.472 e. The van der Waals surface area contributed by atoms with Gasteiger partial charge in [0.05, 0.1) is 19.8 Å². The summed E-state index contributed by atoms with van der Waals surface area (Å²) in [6, 6.07) is 0. The van der Waals surface area contributed by atoms with Crippen molar-refractivity contribution in [2.45, 2.75) is 219 Å². The molecule has 0 heterocycles. The van der Waals surface area contributed by atoms with Gasteiger partial charge in [0.2, 0.25) is 0 Å². The predicted octanol–water partition coefficient (Wildman–Crippen LogP) is 14.4. The van der Waals surface area contributed by atoms with Crippen molar-refractivity contribution >= 4 is 13.8 Å². The highest BCUT2D eigenvalue weighted by molar-refractivity contribution is 7.47. The molecule has 9 heteroatoms. The Kier molecular flexibility index (Phi) is 44.3. The smallest absolute Gasteiger partial charge is 0.457 e. The van der Waals surface area contributed by atoms with Crippen LogP contribution in [0.2, 0.25) is 0 Å². The maximum absolute atomic E-state index is 12.6. The lowest BCUT2D eigenvalue weighted by Gasteiger charge is -2.20. The van der Waals surface area contributed by atoms with E-state index in [0.717, 1.165) is 51.4 Å². The molecule has 3 N–H and O–H groups in total. The highest BCUT2D eigenvalue weighted by atomic mass is 31.2. The van der Waals surface area contributed by atoms with Gasteiger partial charge in [-0.1, -0.05) is 178 Å². The van der Waals surface area contributed by atoms with Gasteiger partial charge in [-0.2, -0.15) is 0 Å². The van der Waals surface area contributed by atoms with E-state index in [-0.39, 0.29) is 32.3 Å². The highest BCUT2D eigenvalue weighted by Gasteiger charge is 2.25. The molecular weight excluding hydrogens is 734 g/mol. The molecule has 0 aromatic rings. The minimum atomic E-state index is -4.28. The van der Waals surface area contributed by atoms with Crippen LogP contribution in [-0.2, 0) is 27.9 Å². The predicted molar refractivity (Wildman–Crippen MR) is 243 cm³/mol. The molecule has 0 amide bonds. The molecule has 57 heavy (non-hydrogen) atoms. The summed E-state index contributed by atoms with van der Waals surface area (Å²) < 4.78 is 33.5. The zero-order valence-corrected chi connectivity index (χ0v) is 38.0. The van der Waals surface area contributed by atoms with Crippen LogP contribution >= 0.6 is 7.82 Å². The second-order valence-electron chi connectivity index (χ2n) is 15.6. The first kappa shape index (κ1) is 55.5. The summed E-state index contributed by atoms with van der Waals surface area (Å²) in [6.45, 7) is 4.89. The molecule has 2 unspecified atom stereocenters. The number of carbonyl (C=O) groups excluding carboxylic acids is 1. The van der Waals surface area contributed by atoms with Crippen molar-refractivity contribution in [3.8, 4) is 0 Å². The number of phosphoric acid groups is 1. The van der Waals surface area contributed by atoms with E-state index in [1.807, 2.05) is 0 Å². The molecule has 0 radical (unpaired) electrons. The van der Waals surface area contributed by atoms with Crippen LogP contribution in [0.1, 0.15) is 213 Å². The average Bonchev–Trinajstić information content (AvgIpc) is 3.20. The van der Waals surface area contributed by atoms with E-state index in [1.54, 1.807) is 0 Å². The molecule has 0 aromatic carbocycles. The fourth-order valence-electron chi connectivity index (χ4n) is 6.47. The second kappa shape index (κ2) is 45.5. The van der Waals surface area contributed by atoms with Crippen molar-refractivity contribution in [3.63, 3.8) is 0 Å². The van der Waals surface area contributed by atoms with E-state index in [4.69, 9.17) is 24.3 Å². The van der Waals surface area contributed by atoms with Gasteiger partial charge in [-0.15, -0.1) is 0 Å². The van der Waals surface area contributed by atoms with Crippen LogP contribution in [0.4, 0.5) is 0 Å². The minimum absolute atomic E-state index is 0.0969. The lowest BCUT2D eigenvalue weighted by molar-refractivity contribution is -0.154. The van der Waals surface area contributed by atoms with Crippen molar-refractivity contribution < 1.29 is 32.8 Å². The molecule has 0 rings (SSSR count). The van der Waals surface area contributed by atoms with Crippen LogP contribution in [-0.4, -0.2) is 49.9 Å². The Balaban J connectivity index is 4.00. The van der Waals surface area contributed by atoms with Crippen molar-refractivity contribution in [2.75, 3.05) is 33.0 Å². The summed E-state index contributed by atoms with van der Waals surface area (Å²) >= 11 is 0. The molecular formula is C48H90NO7P. The van der Waals surface area contributed by atoms with Crippen LogP contribution < -0.4 is 5.73 Å². The van der Waals surface area contributed by atoms with E-state index in [9.17, 15) is 14.3 Å². The van der Waals surface area contributed by atoms with E-state index in [2.05, 4.69) is 62.5 Å². The summed E-state index contributed by atoms with van der Waals surface area (Å²) in [4.78, 5) is 22.5. The van der Waals surface area contributed by atoms with E-state index >= 15 is 0 Å². The van der Waals surface area contributed by atoms with Gasteiger partial charge in [0.15, 0.2) is 0 Å². The third kappa shape index (κ3) is 45.4. The monoisotopic (exact) mass is 824 g/mol.